The van der Waals surface area contributed by atoms with Gasteiger partial charge in [-0.1, -0.05) is 20.8 Å². The molecule has 0 bridgehead atoms. The summed E-state index contributed by atoms with van der Waals surface area (Å²) in [6.07, 6.45) is 0.441. The van der Waals surface area contributed by atoms with Gasteiger partial charge in [-0.15, -0.1) is 0 Å². The Morgan fingerprint density at radius 3 is 2.56 bits per heavy atom. The SMILES string of the molecule is CC(C)(C)CC(=O)N1CCNCC1C(N)=O. The summed E-state index contributed by atoms with van der Waals surface area (Å²) < 4.78 is 0. The van der Waals surface area contributed by atoms with Gasteiger partial charge in [0.1, 0.15) is 6.04 Å². The van der Waals surface area contributed by atoms with Gasteiger partial charge >= 0.3 is 0 Å². The molecule has 1 unspecified atom stereocenters. The van der Waals surface area contributed by atoms with E-state index < -0.39 is 11.9 Å². The van der Waals surface area contributed by atoms with Crippen molar-refractivity contribution < 1.29 is 9.59 Å². The number of nitrogens with one attached hydrogen (secondary N) is 1. The fraction of sp³-hybridized carbons (Fsp3) is 0.818. The van der Waals surface area contributed by atoms with Crippen molar-refractivity contribution in [3.8, 4) is 0 Å². The molecule has 0 spiro atoms. The van der Waals surface area contributed by atoms with Crippen LogP contribution in [0.4, 0.5) is 0 Å². The lowest BCUT2D eigenvalue weighted by atomic mass is 9.91. The van der Waals surface area contributed by atoms with Crippen molar-refractivity contribution in [1.29, 1.82) is 0 Å². The van der Waals surface area contributed by atoms with E-state index in [0.29, 0.717) is 19.5 Å². The van der Waals surface area contributed by atoms with Gasteiger partial charge in [-0.05, 0) is 5.41 Å². The molecule has 0 aromatic heterocycles. The second-order valence-electron chi connectivity index (χ2n) is 5.45. The molecule has 0 saturated carbocycles. The van der Waals surface area contributed by atoms with Crippen LogP contribution in [-0.2, 0) is 9.59 Å². The lowest BCUT2D eigenvalue weighted by Crippen LogP contribution is -2.59. The van der Waals surface area contributed by atoms with Crippen LogP contribution in [0, 0.1) is 5.41 Å². The summed E-state index contributed by atoms with van der Waals surface area (Å²) in [5.74, 6) is -0.424. The highest BCUT2D eigenvalue weighted by molar-refractivity contribution is 5.87. The third kappa shape index (κ3) is 3.48. The van der Waals surface area contributed by atoms with E-state index in [4.69, 9.17) is 5.73 Å². The highest BCUT2D eigenvalue weighted by Gasteiger charge is 2.32. The van der Waals surface area contributed by atoms with Gasteiger partial charge in [0.05, 0.1) is 0 Å². The van der Waals surface area contributed by atoms with E-state index in [1.54, 1.807) is 4.90 Å². The molecule has 1 aliphatic heterocycles. The molecule has 1 atom stereocenters. The van der Waals surface area contributed by atoms with E-state index in [9.17, 15) is 9.59 Å². The van der Waals surface area contributed by atoms with Crippen LogP contribution in [0.2, 0.25) is 0 Å². The lowest BCUT2D eigenvalue weighted by molar-refractivity contribution is -0.141. The maximum atomic E-state index is 12.0. The summed E-state index contributed by atoms with van der Waals surface area (Å²) in [6, 6.07) is -0.497. The summed E-state index contributed by atoms with van der Waals surface area (Å²) in [5, 5.41) is 3.07. The number of primary amides is 1. The molecule has 1 saturated heterocycles. The molecule has 1 heterocycles. The predicted molar refractivity (Wildman–Crippen MR) is 61.6 cm³/mol. The zero-order valence-corrected chi connectivity index (χ0v) is 10.2. The van der Waals surface area contributed by atoms with Crippen molar-refractivity contribution in [2.24, 2.45) is 11.1 Å². The number of hydrogen-bond acceptors (Lipinski definition) is 3. The predicted octanol–water partition coefficient (Wildman–Crippen LogP) is -0.292. The summed E-state index contributed by atoms with van der Waals surface area (Å²) in [6.45, 7) is 7.76. The average Bonchev–Trinajstić information content (AvgIpc) is 2.15. The Hall–Kier alpha value is -1.10. The van der Waals surface area contributed by atoms with Gasteiger partial charge in [0.15, 0.2) is 0 Å². The number of carbonyl (C=O) groups is 2. The third-order valence-corrected chi connectivity index (χ3v) is 2.57. The number of nitrogens with zero attached hydrogens (tertiary/aromatic N) is 1. The van der Waals surface area contributed by atoms with E-state index in [1.807, 2.05) is 20.8 Å². The van der Waals surface area contributed by atoms with Crippen LogP contribution < -0.4 is 11.1 Å². The zero-order valence-electron chi connectivity index (χ0n) is 10.2. The van der Waals surface area contributed by atoms with Crippen LogP contribution in [0.5, 0.6) is 0 Å². The first-order valence-corrected chi connectivity index (χ1v) is 5.61. The topological polar surface area (TPSA) is 75.4 Å². The number of nitrogens with two attached hydrogens (primary N) is 1. The molecule has 92 valence electrons. The first-order valence-electron chi connectivity index (χ1n) is 5.61. The first-order chi connectivity index (χ1) is 7.31. The highest BCUT2D eigenvalue weighted by atomic mass is 16.2. The van der Waals surface area contributed by atoms with Crippen molar-refractivity contribution in [1.82, 2.24) is 10.2 Å². The Morgan fingerprint density at radius 2 is 2.06 bits per heavy atom. The monoisotopic (exact) mass is 227 g/mol. The summed E-state index contributed by atoms with van der Waals surface area (Å²) in [7, 11) is 0. The minimum atomic E-state index is -0.497. The molecule has 1 fully saturated rings. The molecule has 0 aromatic carbocycles. The molecule has 2 amide bonds. The zero-order chi connectivity index (χ0) is 12.3. The fourth-order valence-corrected chi connectivity index (χ4v) is 1.81. The lowest BCUT2D eigenvalue weighted by Gasteiger charge is -2.35. The average molecular weight is 227 g/mol. The van der Waals surface area contributed by atoms with E-state index in [0.717, 1.165) is 6.54 Å². The number of piperazine rings is 1. The Kier molecular flexibility index (Phi) is 3.91. The fourth-order valence-electron chi connectivity index (χ4n) is 1.81. The Balaban J connectivity index is 2.68. The number of hydrogen-bond donors (Lipinski definition) is 2. The molecule has 0 radical (unpaired) electrons. The van der Waals surface area contributed by atoms with Crippen LogP contribution in [0.3, 0.4) is 0 Å². The summed E-state index contributed by atoms with van der Waals surface area (Å²) in [4.78, 5) is 24.8. The van der Waals surface area contributed by atoms with Gasteiger partial charge in [0.25, 0.3) is 0 Å². The normalized spacial score (nSPS) is 21.9. The minimum Gasteiger partial charge on any atom is -0.368 e. The van der Waals surface area contributed by atoms with Gasteiger partial charge in [-0.2, -0.15) is 0 Å². The third-order valence-electron chi connectivity index (χ3n) is 2.57. The number of rotatable bonds is 2. The largest absolute Gasteiger partial charge is 0.368 e. The van der Waals surface area contributed by atoms with Crippen molar-refractivity contribution >= 4 is 11.8 Å². The Morgan fingerprint density at radius 1 is 1.44 bits per heavy atom. The van der Waals surface area contributed by atoms with Gasteiger partial charge < -0.3 is 16.0 Å². The number of carbonyl (C=O) groups excluding carboxylic acids is 2. The van der Waals surface area contributed by atoms with E-state index in [1.165, 1.54) is 0 Å². The quantitative estimate of drug-likeness (QED) is 0.680. The molecule has 5 heteroatoms. The molecule has 16 heavy (non-hydrogen) atoms. The second kappa shape index (κ2) is 4.82. The van der Waals surface area contributed by atoms with Crippen molar-refractivity contribution in [2.75, 3.05) is 19.6 Å². The van der Waals surface area contributed by atoms with E-state index in [-0.39, 0.29) is 11.3 Å². The first kappa shape index (κ1) is 13.0. The summed E-state index contributed by atoms with van der Waals surface area (Å²) >= 11 is 0. The molecule has 3 N–H and O–H groups in total. The number of amides is 2. The van der Waals surface area contributed by atoms with Gasteiger partial charge in [0, 0.05) is 26.1 Å². The maximum absolute atomic E-state index is 12.0. The molecule has 1 aliphatic rings. The molecular weight excluding hydrogens is 206 g/mol. The van der Waals surface area contributed by atoms with E-state index in [2.05, 4.69) is 5.32 Å². The van der Waals surface area contributed by atoms with E-state index >= 15 is 0 Å². The smallest absolute Gasteiger partial charge is 0.241 e. The van der Waals surface area contributed by atoms with Gasteiger partial charge in [-0.25, -0.2) is 0 Å². The summed E-state index contributed by atoms with van der Waals surface area (Å²) in [5.41, 5.74) is 5.22. The molecular formula is C11H21N3O2. The molecule has 0 aliphatic carbocycles. The van der Waals surface area contributed by atoms with Crippen LogP contribution in [0.1, 0.15) is 27.2 Å². The van der Waals surface area contributed by atoms with Gasteiger partial charge in [-0.3, -0.25) is 9.59 Å². The van der Waals surface area contributed by atoms with Crippen LogP contribution in [0.25, 0.3) is 0 Å². The van der Waals surface area contributed by atoms with Crippen LogP contribution in [0.15, 0.2) is 0 Å². The van der Waals surface area contributed by atoms with Crippen molar-refractivity contribution in [3.63, 3.8) is 0 Å². The van der Waals surface area contributed by atoms with Crippen molar-refractivity contribution in [2.45, 2.75) is 33.2 Å². The molecule has 5 nitrogen and oxygen atoms in total. The van der Waals surface area contributed by atoms with Crippen LogP contribution in [-0.4, -0.2) is 42.4 Å². The van der Waals surface area contributed by atoms with Crippen molar-refractivity contribution in [3.05, 3.63) is 0 Å². The minimum absolute atomic E-state index is 0.0119. The van der Waals surface area contributed by atoms with Crippen LogP contribution >= 0.6 is 0 Å². The Labute approximate surface area is 96.4 Å². The second-order valence-corrected chi connectivity index (χ2v) is 5.45. The molecule has 0 aromatic rings. The standard InChI is InChI=1S/C11H21N3O2/c1-11(2,3)6-9(15)14-5-4-13-7-8(14)10(12)16/h8,13H,4-7H2,1-3H3,(H2,12,16). The molecule has 1 rings (SSSR count). The maximum Gasteiger partial charge on any atom is 0.241 e. The van der Waals surface area contributed by atoms with Gasteiger partial charge in [0.2, 0.25) is 11.8 Å². The Bertz CT molecular complexity index is 283. The highest BCUT2D eigenvalue weighted by Crippen LogP contribution is 2.21.